The normalized spacial score (nSPS) is 16.3. The summed E-state index contributed by atoms with van der Waals surface area (Å²) in [5, 5.41) is 14.5. The van der Waals surface area contributed by atoms with E-state index in [0.717, 1.165) is 48.5 Å². The average molecular weight is 821 g/mol. The molecule has 0 aliphatic carbocycles. The number of ether oxygens (including phenoxy) is 1. The molecule has 18 heteroatoms. The van der Waals surface area contributed by atoms with E-state index in [1.54, 1.807) is 30.0 Å². The van der Waals surface area contributed by atoms with E-state index in [1.807, 2.05) is 48.3 Å². The number of hydrogen-bond donors (Lipinski definition) is 3. The first kappa shape index (κ1) is 39.4. The van der Waals surface area contributed by atoms with Gasteiger partial charge in [-0.3, -0.25) is 34.2 Å². The smallest absolute Gasteiger partial charge is 0.329 e. The van der Waals surface area contributed by atoms with Gasteiger partial charge in [-0.25, -0.2) is 9.78 Å². The number of anilines is 7. The number of rotatable bonds is 11. The number of piperazine rings is 2. The first-order valence-corrected chi connectivity index (χ1v) is 19.8. The summed E-state index contributed by atoms with van der Waals surface area (Å²) in [7, 11) is 3.46. The highest BCUT2D eigenvalue weighted by atomic mass is 35.5. The average Bonchev–Trinajstić information content (AvgIpc) is 3.57. The van der Waals surface area contributed by atoms with E-state index in [9.17, 15) is 19.2 Å². The molecule has 2 aromatic heterocycles. The number of aromatic nitrogens is 4. The van der Waals surface area contributed by atoms with Gasteiger partial charge < -0.3 is 30.1 Å². The van der Waals surface area contributed by atoms with Gasteiger partial charge in [0.1, 0.15) is 10.8 Å². The van der Waals surface area contributed by atoms with E-state index in [2.05, 4.69) is 51.8 Å². The Kier molecular flexibility index (Phi) is 11.2. The van der Waals surface area contributed by atoms with Crippen molar-refractivity contribution in [3.05, 3.63) is 77.4 Å². The molecule has 0 unspecified atom stereocenters. The Bertz CT molecular complexity index is 2430. The third-order valence-corrected chi connectivity index (χ3v) is 11.2. The molecule has 0 bridgehead atoms. The van der Waals surface area contributed by atoms with Crippen molar-refractivity contribution >= 4 is 86.5 Å². The third kappa shape index (κ3) is 8.42. The number of ketones is 1. The molecule has 0 atom stereocenters. The van der Waals surface area contributed by atoms with Crippen LogP contribution in [-0.4, -0.2) is 126 Å². The highest BCUT2D eigenvalue weighted by Crippen LogP contribution is 2.34. The number of amides is 4. The molecule has 3 fully saturated rings. The molecule has 0 radical (unpaired) electrons. The van der Waals surface area contributed by atoms with Gasteiger partial charge in [-0.2, -0.15) is 10.1 Å². The van der Waals surface area contributed by atoms with Crippen molar-refractivity contribution in [1.29, 1.82) is 0 Å². The number of nitrogens with zero attached hydrogens (tertiary/aromatic N) is 9. The van der Waals surface area contributed by atoms with Crippen LogP contribution in [0.25, 0.3) is 10.9 Å². The van der Waals surface area contributed by atoms with Crippen molar-refractivity contribution in [3.8, 4) is 5.75 Å². The van der Waals surface area contributed by atoms with Crippen LogP contribution in [0.3, 0.4) is 0 Å². The molecule has 3 saturated heterocycles. The minimum absolute atomic E-state index is 0.0806. The summed E-state index contributed by atoms with van der Waals surface area (Å²) < 4.78 is 7.52. The number of nitrogens with one attached hydrogen (secondary N) is 3. The molecule has 5 aromatic rings. The molecule has 8 rings (SSSR count). The fourth-order valence-corrected chi connectivity index (χ4v) is 7.84. The standard InChI is InChI=1S/C41H45ClN12O5/c1-26(55)29-6-4-5-7-32(29)44-38-31(42)24-43-40(47-38)45-33-11-9-28(23-35(33)59-3)52-18-20-53(21-19-52)37(57)25-50-14-16-51(17-15-50)27-8-10-30-34(22-27)49(2)48-39(30)54-13-12-36(56)46-41(54)58/h4-11,22-24H,12-21,25H2,1-3H3,(H,46,56,58)(H2,43,44,45,47). The number of methoxy groups -OCH3 is 1. The molecule has 3 aliphatic heterocycles. The summed E-state index contributed by atoms with van der Waals surface area (Å²) in [6, 6.07) is 18.7. The molecule has 5 heterocycles. The molecule has 3 N–H and O–H groups in total. The lowest BCUT2D eigenvalue weighted by Gasteiger charge is -2.39. The van der Waals surface area contributed by atoms with E-state index >= 15 is 0 Å². The highest BCUT2D eigenvalue weighted by molar-refractivity contribution is 6.33. The van der Waals surface area contributed by atoms with Crippen LogP contribution in [0.4, 0.5) is 45.1 Å². The van der Waals surface area contributed by atoms with Gasteiger partial charge in [0.25, 0.3) is 0 Å². The number of aryl methyl sites for hydroxylation is 1. The van der Waals surface area contributed by atoms with Gasteiger partial charge in [-0.1, -0.05) is 23.7 Å². The molecule has 4 amide bonds. The lowest BCUT2D eigenvalue weighted by Crippen LogP contribution is -2.54. The number of fused-ring (bicyclic) bond motifs is 1. The zero-order valence-corrected chi connectivity index (χ0v) is 33.8. The molecule has 306 valence electrons. The van der Waals surface area contributed by atoms with Crippen LogP contribution in [0.1, 0.15) is 23.7 Å². The molecule has 3 aliphatic rings. The van der Waals surface area contributed by atoms with Gasteiger partial charge >= 0.3 is 6.03 Å². The number of halogens is 1. The first-order valence-electron chi connectivity index (χ1n) is 19.5. The number of para-hydroxylation sites is 1. The van der Waals surface area contributed by atoms with Crippen LogP contribution in [0.2, 0.25) is 5.02 Å². The van der Waals surface area contributed by atoms with Gasteiger partial charge in [0.15, 0.2) is 17.4 Å². The zero-order valence-electron chi connectivity index (χ0n) is 33.1. The molecule has 59 heavy (non-hydrogen) atoms. The maximum absolute atomic E-state index is 13.5. The predicted molar refractivity (Wildman–Crippen MR) is 227 cm³/mol. The van der Waals surface area contributed by atoms with Crippen LogP contribution in [-0.2, 0) is 16.6 Å². The fourth-order valence-electron chi connectivity index (χ4n) is 7.70. The number of imide groups is 1. The predicted octanol–water partition coefficient (Wildman–Crippen LogP) is 4.63. The maximum atomic E-state index is 13.5. The summed E-state index contributed by atoms with van der Waals surface area (Å²) in [6.07, 6.45) is 1.73. The quantitative estimate of drug-likeness (QED) is 0.158. The maximum Gasteiger partial charge on any atom is 0.329 e. The summed E-state index contributed by atoms with van der Waals surface area (Å²) in [5.41, 5.74) is 4.71. The molecule has 0 spiro atoms. The lowest BCUT2D eigenvalue weighted by atomic mass is 10.1. The van der Waals surface area contributed by atoms with Crippen LogP contribution < -0.4 is 35.4 Å². The molecule has 17 nitrogen and oxygen atoms in total. The van der Waals surface area contributed by atoms with Gasteiger partial charge in [0.2, 0.25) is 17.8 Å². The van der Waals surface area contributed by atoms with Crippen molar-refractivity contribution in [2.45, 2.75) is 13.3 Å². The van der Waals surface area contributed by atoms with Crippen molar-refractivity contribution in [2.24, 2.45) is 7.05 Å². The van der Waals surface area contributed by atoms with Crippen molar-refractivity contribution < 1.29 is 23.9 Å². The fraction of sp³-hybridized carbons (Fsp3) is 0.341. The number of urea groups is 1. The zero-order chi connectivity index (χ0) is 41.2. The van der Waals surface area contributed by atoms with E-state index in [0.29, 0.717) is 84.6 Å². The van der Waals surface area contributed by atoms with Crippen LogP contribution >= 0.6 is 11.6 Å². The van der Waals surface area contributed by atoms with Gasteiger partial charge in [0, 0.05) is 101 Å². The van der Waals surface area contributed by atoms with Gasteiger partial charge in [-0.05, 0) is 49.4 Å². The van der Waals surface area contributed by atoms with E-state index in [-0.39, 0.29) is 24.0 Å². The Morgan fingerprint density at radius 2 is 1.58 bits per heavy atom. The molecular weight excluding hydrogens is 776 g/mol. The minimum Gasteiger partial charge on any atom is -0.494 e. The van der Waals surface area contributed by atoms with Crippen LogP contribution in [0, 0.1) is 0 Å². The summed E-state index contributed by atoms with van der Waals surface area (Å²) in [4.78, 5) is 68.9. The SMILES string of the molecule is COc1cc(N2CCN(C(=O)CN3CCN(c4ccc5c(N6CCC(=O)NC6=O)nn(C)c5c4)CC3)CC2)ccc1Nc1ncc(Cl)c(Nc2ccccc2C(C)=O)n1. The van der Waals surface area contributed by atoms with Gasteiger partial charge in [-0.15, -0.1) is 0 Å². The number of carbonyl (C=O) groups excluding carboxylic acids is 4. The van der Waals surface area contributed by atoms with Crippen molar-refractivity contribution in [1.82, 2.24) is 34.9 Å². The van der Waals surface area contributed by atoms with Crippen LogP contribution in [0.15, 0.2) is 66.9 Å². The van der Waals surface area contributed by atoms with E-state index in [4.69, 9.17) is 16.3 Å². The summed E-state index contributed by atoms with van der Waals surface area (Å²) in [5.74, 6) is 1.56. The van der Waals surface area contributed by atoms with E-state index < -0.39 is 6.03 Å². The summed E-state index contributed by atoms with van der Waals surface area (Å²) in [6.45, 7) is 7.85. The Labute approximate surface area is 345 Å². The second kappa shape index (κ2) is 16.8. The second-order valence-electron chi connectivity index (χ2n) is 14.7. The number of Topliss-reactive ketones (excluding diaryl/α,β-unsaturated/α-hetero) is 1. The highest BCUT2D eigenvalue weighted by Gasteiger charge is 2.29. The molecule has 0 saturated carbocycles. The van der Waals surface area contributed by atoms with E-state index in [1.165, 1.54) is 18.0 Å². The summed E-state index contributed by atoms with van der Waals surface area (Å²) >= 11 is 6.42. The Hall–Kier alpha value is -6.46. The third-order valence-electron chi connectivity index (χ3n) is 11.0. The largest absolute Gasteiger partial charge is 0.494 e. The van der Waals surface area contributed by atoms with Gasteiger partial charge in [0.05, 0.1) is 36.7 Å². The topological polar surface area (TPSA) is 173 Å². The number of hydrogen-bond acceptors (Lipinski definition) is 13. The van der Waals surface area contributed by atoms with Crippen molar-refractivity contribution in [3.63, 3.8) is 0 Å². The Balaban J connectivity index is 0.829. The molecule has 3 aromatic carbocycles. The number of benzene rings is 3. The Morgan fingerprint density at radius 1 is 0.864 bits per heavy atom. The monoisotopic (exact) mass is 820 g/mol. The second-order valence-corrected chi connectivity index (χ2v) is 15.1. The lowest BCUT2D eigenvalue weighted by molar-refractivity contribution is -0.132. The first-order chi connectivity index (χ1) is 28.5. The van der Waals surface area contributed by atoms with Crippen molar-refractivity contribution in [2.75, 3.05) is 97.9 Å². The Morgan fingerprint density at radius 3 is 2.31 bits per heavy atom. The number of carbonyl (C=O) groups is 4. The molecular formula is C41H45ClN12O5. The minimum atomic E-state index is -0.454. The van der Waals surface area contributed by atoms with Crippen LogP contribution in [0.5, 0.6) is 5.75 Å².